The van der Waals surface area contributed by atoms with E-state index in [1.165, 1.54) is 3.71 Å². The van der Waals surface area contributed by atoms with Crippen LogP contribution >= 0.6 is 16.1 Å². The molecule has 13 heavy (non-hydrogen) atoms. The van der Waals surface area contributed by atoms with Crippen LogP contribution in [-0.4, -0.2) is 14.7 Å². The second-order valence-electron chi connectivity index (χ2n) is 2.59. The number of carbonyl (C=O) groups excluding carboxylic acids is 1. The average molecular weight is 240 g/mol. The summed E-state index contributed by atoms with van der Waals surface area (Å²) in [6.07, 6.45) is 0. The molecule has 0 spiro atoms. The lowest BCUT2D eigenvalue weighted by molar-refractivity contribution is 0.0997. The van der Waals surface area contributed by atoms with Gasteiger partial charge in [-0.05, 0) is 6.07 Å². The van der Waals surface area contributed by atoms with Crippen LogP contribution in [0.25, 0.3) is 10.9 Å². The number of benzene rings is 1. The van der Waals surface area contributed by atoms with Crippen molar-refractivity contribution in [2.45, 2.75) is 0 Å². The first-order valence-electron chi connectivity index (χ1n) is 3.64. The first-order valence-corrected chi connectivity index (χ1v) is 4.35. The molecule has 1 aromatic carbocycles. The van der Waals surface area contributed by atoms with E-state index in [4.69, 9.17) is 5.73 Å². The fraction of sp³-hybridized carbons (Fsp3) is 0. The second kappa shape index (κ2) is 2.85. The highest BCUT2D eigenvalue weighted by Crippen LogP contribution is 2.19. The van der Waals surface area contributed by atoms with Gasteiger partial charge in [-0.15, -0.1) is 0 Å². The van der Waals surface area contributed by atoms with Crippen LogP contribution in [0.15, 0.2) is 24.3 Å². The molecule has 0 bridgehead atoms. The second-order valence-corrected chi connectivity index (χ2v) is 3.26. The molecule has 0 atom stereocenters. The summed E-state index contributed by atoms with van der Waals surface area (Å²) in [5, 5.41) is 4.70. The lowest BCUT2D eigenvalue weighted by Gasteiger charge is -1.88. The van der Waals surface area contributed by atoms with Crippen LogP contribution in [0, 0.1) is 0 Å². The Morgan fingerprint density at radius 3 is 2.85 bits per heavy atom. The summed E-state index contributed by atoms with van der Waals surface area (Å²) in [5.74, 6) is -0.519. The van der Waals surface area contributed by atoms with E-state index in [0.29, 0.717) is 0 Å². The van der Waals surface area contributed by atoms with E-state index in [1.807, 2.05) is 18.2 Å². The van der Waals surface area contributed by atoms with Gasteiger partial charge in [0, 0.05) is 5.39 Å². The number of para-hydroxylation sites is 1. The van der Waals surface area contributed by atoms with E-state index < -0.39 is 5.91 Å². The molecular formula is C8H6BrN3O. The van der Waals surface area contributed by atoms with Gasteiger partial charge in [0.1, 0.15) is 0 Å². The smallest absolute Gasteiger partial charge is 0.269 e. The molecule has 1 aromatic heterocycles. The van der Waals surface area contributed by atoms with Crippen LogP contribution in [0.4, 0.5) is 0 Å². The molecule has 5 heteroatoms. The zero-order valence-electron chi connectivity index (χ0n) is 6.57. The highest BCUT2D eigenvalue weighted by molar-refractivity contribution is 9.08. The van der Waals surface area contributed by atoms with Gasteiger partial charge in [0.2, 0.25) is 0 Å². The van der Waals surface area contributed by atoms with E-state index in [2.05, 4.69) is 21.2 Å². The van der Waals surface area contributed by atoms with Crippen molar-refractivity contribution in [2.75, 3.05) is 0 Å². The van der Waals surface area contributed by atoms with E-state index in [1.54, 1.807) is 6.07 Å². The van der Waals surface area contributed by atoms with Gasteiger partial charge in [-0.2, -0.15) is 8.81 Å². The minimum atomic E-state index is -0.519. The zero-order valence-corrected chi connectivity index (χ0v) is 8.15. The molecule has 0 saturated heterocycles. The van der Waals surface area contributed by atoms with Gasteiger partial charge in [-0.25, -0.2) is 0 Å². The third-order valence-electron chi connectivity index (χ3n) is 1.78. The van der Waals surface area contributed by atoms with Crippen molar-refractivity contribution < 1.29 is 4.79 Å². The zero-order chi connectivity index (χ0) is 9.42. The van der Waals surface area contributed by atoms with Gasteiger partial charge in [0.05, 0.1) is 21.7 Å². The number of primary amides is 1. The fourth-order valence-electron chi connectivity index (χ4n) is 1.21. The Morgan fingerprint density at radius 1 is 1.46 bits per heavy atom. The highest BCUT2D eigenvalue weighted by Gasteiger charge is 2.12. The van der Waals surface area contributed by atoms with E-state index >= 15 is 0 Å². The van der Waals surface area contributed by atoms with Crippen molar-refractivity contribution in [3.05, 3.63) is 30.0 Å². The average Bonchev–Trinajstić information content (AvgIpc) is 2.45. The molecule has 1 heterocycles. The van der Waals surface area contributed by atoms with E-state index in [0.717, 1.165) is 10.9 Å². The van der Waals surface area contributed by atoms with E-state index in [9.17, 15) is 4.79 Å². The molecule has 0 radical (unpaired) electrons. The first-order chi connectivity index (χ1) is 6.20. The minimum absolute atomic E-state index is 0.285. The molecule has 2 aromatic rings. The fourth-order valence-corrected chi connectivity index (χ4v) is 1.68. The Balaban J connectivity index is 2.85. The summed E-state index contributed by atoms with van der Waals surface area (Å²) >= 11 is 3.18. The summed E-state index contributed by atoms with van der Waals surface area (Å²) in [7, 11) is 0. The summed E-state index contributed by atoms with van der Waals surface area (Å²) in [5.41, 5.74) is 6.27. The maximum absolute atomic E-state index is 11.0. The first kappa shape index (κ1) is 8.25. The number of nitrogens with zero attached hydrogens (tertiary/aromatic N) is 2. The topological polar surface area (TPSA) is 60.9 Å². The summed E-state index contributed by atoms with van der Waals surface area (Å²) < 4.78 is 1.46. The lowest BCUT2D eigenvalue weighted by atomic mass is 10.2. The van der Waals surface area contributed by atoms with Crippen molar-refractivity contribution in [2.24, 2.45) is 5.73 Å². The Labute approximate surface area is 82.7 Å². The van der Waals surface area contributed by atoms with Gasteiger partial charge in [0.25, 0.3) is 5.91 Å². The number of amides is 1. The summed E-state index contributed by atoms with van der Waals surface area (Å²) in [6, 6.07) is 7.36. The predicted molar refractivity (Wildman–Crippen MR) is 52.6 cm³/mol. The standard InChI is InChI=1S/C8H6BrN3O/c9-12-6-4-2-1-3-5(6)7(11-12)8(10)13/h1-4H,(H2,10,13). The number of fused-ring (bicyclic) bond motifs is 1. The van der Waals surface area contributed by atoms with Gasteiger partial charge >= 0.3 is 0 Å². The van der Waals surface area contributed by atoms with Gasteiger partial charge in [0.15, 0.2) is 5.69 Å². The van der Waals surface area contributed by atoms with Crippen LogP contribution < -0.4 is 5.73 Å². The molecule has 1 amide bonds. The number of hydrogen-bond acceptors (Lipinski definition) is 2. The molecule has 0 unspecified atom stereocenters. The van der Waals surface area contributed by atoms with Gasteiger partial charge in [-0.1, -0.05) is 18.2 Å². The Morgan fingerprint density at radius 2 is 2.15 bits per heavy atom. The molecule has 0 fully saturated rings. The molecule has 0 aliphatic heterocycles. The SMILES string of the molecule is NC(=O)c1nn(Br)c2ccccc12. The number of hydrogen-bond donors (Lipinski definition) is 1. The molecule has 0 saturated carbocycles. The molecular weight excluding hydrogens is 234 g/mol. The van der Waals surface area contributed by atoms with E-state index in [-0.39, 0.29) is 5.69 Å². The minimum Gasteiger partial charge on any atom is -0.364 e. The maximum Gasteiger partial charge on any atom is 0.269 e. The van der Waals surface area contributed by atoms with Crippen LogP contribution in [-0.2, 0) is 0 Å². The number of halogens is 1. The van der Waals surface area contributed by atoms with Crippen molar-refractivity contribution in [1.29, 1.82) is 0 Å². The number of aromatic nitrogens is 2. The molecule has 2 N–H and O–H groups in total. The summed E-state index contributed by atoms with van der Waals surface area (Å²) in [4.78, 5) is 11.0. The normalized spacial score (nSPS) is 10.5. The third-order valence-corrected chi connectivity index (χ3v) is 2.32. The highest BCUT2D eigenvalue weighted by atomic mass is 79.9. The lowest BCUT2D eigenvalue weighted by Crippen LogP contribution is -2.11. The van der Waals surface area contributed by atoms with Gasteiger partial charge < -0.3 is 5.73 Å². The quantitative estimate of drug-likeness (QED) is 0.816. The molecule has 2 rings (SSSR count). The third kappa shape index (κ3) is 1.21. The number of nitrogens with two attached hydrogens (primary N) is 1. The number of rotatable bonds is 1. The van der Waals surface area contributed by atoms with Crippen molar-refractivity contribution in [3.63, 3.8) is 0 Å². The van der Waals surface area contributed by atoms with Crippen LogP contribution in [0.3, 0.4) is 0 Å². The van der Waals surface area contributed by atoms with Crippen LogP contribution in [0.1, 0.15) is 10.5 Å². The number of carbonyl (C=O) groups is 1. The Kier molecular flexibility index (Phi) is 1.81. The van der Waals surface area contributed by atoms with Crippen LogP contribution in [0.2, 0.25) is 0 Å². The van der Waals surface area contributed by atoms with Gasteiger partial charge in [-0.3, -0.25) is 4.79 Å². The van der Waals surface area contributed by atoms with Crippen molar-refractivity contribution in [1.82, 2.24) is 8.81 Å². The Bertz CT molecular complexity index is 477. The predicted octanol–water partition coefficient (Wildman–Crippen LogP) is 1.29. The summed E-state index contributed by atoms with van der Waals surface area (Å²) in [6.45, 7) is 0. The Hall–Kier alpha value is -1.36. The molecule has 0 aliphatic rings. The van der Waals surface area contributed by atoms with Crippen LogP contribution in [0.5, 0.6) is 0 Å². The maximum atomic E-state index is 11.0. The van der Waals surface area contributed by atoms with Crippen molar-refractivity contribution in [3.8, 4) is 0 Å². The molecule has 0 aliphatic carbocycles. The largest absolute Gasteiger partial charge is 0.364 e. The van der Waals surface area contributed by atoms with Crippen molar-refractivity contribution >= 4 is 33.0 Å². The molecule has 4 nitrogen and oxygen atoms in total. The monoisotopic (exact) mass is 239 g/mol. The molecule has 66 valence electrons.